The Bertz CT molecular complexity index is 1340. The van der Waals surface area contributed by atoms with Gasteiger partial charge in [-0.25, -0.2) is 8.42 Å². The van der Waals surface area contributed by atoms with Crippen molar-refractivity contribution < 1.29 is 18.0 Å². The maximum absolute atomic E-state index is 13.7. The highest BCUT2D eigenvalue weighted by Gasteiger charge is 2.30. The van der Waals surface area contributed by atoms with Gasteiger partial charge < -0.3 is 10.2 Å². The molecule has 7 nitrogen and oxygen atoms in total. The number of nitrogens with one attached hydrogen (secondary N) is 1. The van der Waals surface area contributed by atoms with E-state index in [4.69, 9.17) is 0 Å². The molecule has 0 aliphatic heterocycles. The molecule has 0 bridgehead atoms. The van der Waals surface area contributed by atoms with Crippen LogP contribution in [0.3, 0.4) is 0 Å². The Morgan fingerprint density at radius 1 is 0.895 bits per heavy atom. The Morgan fingerprint density at radius 2 is 1.55 bits per heavy atom. The van der Waals surface area contributed by atoms with Gasteiger partial charge in [-0.2, -0.15) is 0 Å². The van der Waals surface area contributed by atoms with Gasteiger partial charge in [-0.1, -0.05) is 78.4 Å². The molecule has 0 aromatic heterocycles. The van der Waals surface area contributed by atoms with Crippen molar-refractivity contribution in [3.05, 3.63) is 101 Å². The second-order valence-electron chi connectivity index (χ2n) is 9.56. The largest absolute Gasteiger partial charge is 0.357 e. The Hall–Kier alpha value is -3.65. The van der Waals surface area contributed by atoms with Crippen molar-refractivity contribution in [1.29, 1.82) is 0 Å². The van der Waals surface area contributed by atoms with Crippen LogP contribution < -0.4 is 9.62 Å². The molecule has 1 atom stereocenters. The standard InChI is InChI=1S/C30H37N3O4S/c1-23-12-10-16-26(20-23)22-32(28(30(35)31-3)21-25-14-6-5-7-15-25)29(34)18-11-19-33(38(4,36)37)27-17-9-8-13-24(27)2/h5-10,12-17,20,28H,11,18-19,21-22H2,1-4H3,(H,31,35)/t28-/m1/s1. The van der Waals surface area contributed by atoms with Crippen LogP contribution in [0, 0.1) is 13.8 Å². The number of sulfonamides is 1. The van der Waals surface area contributed by atoms with Crippen LogP contribution in [0.1, 0.15) is 35.1 Å². The van der Waals surface area contributed by atoms with E-state index in [9.17, 15) is 18.0 Å². The average molecular weight is 536 g/mol. The van der Waals surface area contributed by atoms with Crippen LogP contribution in [0.2, 0.25) is 0 Å². The van der Waals surface area contributed by atoms with Gasteiger partial charge in [0.05, 0.1) is 11.9 Å². The molecule has 1 N–H and O–H groups in total. The molecule has 0 unspecified atom stereocenters. The highest BCUT2D eigenvalue weighted by molar-refractivity contribution is 7.92. The van der Waals surface area contributed by atoms with Gasteiger partial charge in [0.15, 0.2) is 0 Å². The summed E-state index contributed by atoms with van der Waals surface area (Å²) in [6.07, 6.45) is 1.96. The van der Waals surface area contributed by atoms with Crippen LogP contribution in [0.4, 0.5) is 5.69 Å². The fourth-order valence-electron chi connectivity index (χ4n) is 4.55. The molecule has 0 saturated heterocycles. The molecule has 3 rings (SSSR count). The SMILES string of the molecule is CNC(=O)[C@@H](Cc1ccccc1)N(Cc1cccc(C)c1)C(=O)CCCN(c1ccccc1C)S(C)(=O)=O. The van der Waals surface area contributed by atoms with Crippen LogP contribution in [0.25, 0.3) is 0 Å². The third-order valence-electron chi connectivity index (χ3n) is 6.49. The number of amides is 2. The average Bonchev–Trinajstić information content (AvgIpc) is 2.88. The maximum atomic E-state index is 13.7. The van der Waals surface area contributed by atoms with Gasteiger partial charge >= 0.3 is 0 Å². The van der Waals surface area contributed by atoms with Crippen LogP contribution >= 0.6 is 0 Å². The number of benzene rings is 3. The first-order valence-corrected chi connectivity index (χ1v) is 14.6. The first kappa shape index (κ1) is 28.9. The van der Waals surface area contributed by atoms with Crippen LogP contribution in [0.15, 0.2) is 78.9 Å². The van der Waals surface area contributed by atoms with E-state index in [0.29, 0.717) is 18.5 Å². The highest BCUT2D eigenvalue weighted by Crippen LogP contribution is 2.23. The minimum Gasteiger partial charge on any atom is -0.357 e. The summed E-state index contributed by atoms with van der Waals surface area (Å²) < 4.78 is 26.5. The van der Waals surface area contributed by atoms with Crippen molar-refractivity contribution >= 4 is 27.5 Å². The number of anilines is 1. The highest BCUT2D eigenvalue weighted by atomic mass is 32.2. The smallest absolute Gasteiger partial charge is 0.242 e. The Labute approximate surface area is 226 Å². The molecule has 0 aliphatic rings. The predicted octanol–water partition coefficient (Wildman–Crippen LogP) is 4.24. The molecule has 2 amide bonds. The van der Waals surface area contributed by atoms with Gasteiger partial charge in [0.25, 0.3) is 0 Å². The van der Waals surface area contributed by atoms with Crippen LogP contribution in [-0.2, 0) is 32.6 Å². The normalized spacial score (nSPS) is 12.0. The zero-order chi connectivity index (χ0) is 27.7. The number of nitrogens with zero attached hydrogens (tertiary/aromatic N) is 2. The molecule has 0 radical (unpaired) electrons. The summed E-state index contributed by atoms with van der Waals surface area (Å²) >= 11 is 0. The zero-order valence-electron chi connectivity index (χ0n) is 22.6. The number of aryl methyl sites for hydroxylation is 2. The Balaban J connectivity index is 1.85. The fourth-order valence-corrected chi connectivity index (χ4v) is 5.58. The first-order valence-electron chi connectivity index (χ1n) is 12.7. The van der Waals surface area contributed by atoms with E-state index in [-0.39, 0.29) is 31.3 Å². The lowest BCUT2D eigenvalue weighted by Crippen LogP contribution is -2.49. The molecule has 8 heteroatoms. The number of likely N-dealkylation sites (N-methyl/N-ethyl adjacent to an activating group) is 1. The maximum Gasteiger partial charge on any atom is 0.242 e. The van der Waals surface area contributed by atoms with Gasteiger partial charge in [0, 0.05) is 33.0 Å². The summed E-state index contributed by atoms with van der Waals surface area (Å²) in [6.45, 7) is 4.29. The van der Waals surface area contributed by atoms with E-state index >= 15 is 0 Å². The van der Waals surface area contributed by atoms with Gasteiger partial charge in [0.1, 0.15) is 6.04 Å². The minimum absolute atomic E-state index is 0.103. The summed E-state index contributed by atoms with van der Waals surface area (Å²) in [4.78, 5) is 28.4. The second kappa shape index (κ2) is 13.2. The lowest BCUT2D eigenvalue weighted by molar-refractivity contribution is -0.141. The molecule has 202 valence electrons. The number of carbonyl (C=O) groups is 2. The van der Waals surface area contributed by atoms with E-state index in [1.807, 2.05) is 80.6 Å². The minimum atomic E-state index is -3.54. The summed E-state index contributed by atoms with van der Waals surface area (Å²) in [5, 5.41) is 2.72. The van der Waals surface area contributed by atoms with Gasteiger partial charge in [-0.3, -0.25) is 13.9 Å². The lowest BCUT2D eigenvalue weighted by atomic mass is 10.0. The lowest BCUT2D eigenvalue weighted by Gasteiger charge is -2.32. The Morgan fingerprint density at radius 3 is 2.18 bits per heavy atom. The van der Waals surface area contributed by atoms with E-state index < -0.39 is 16.1 Å². The number of para-hydroxylation sites is 1. The first-order chi connectivity index (χ1) is 18.1. The Kier molecular flexibility index (Phi) is 10.1. The number of rotatable bonds is 12. The summed E-state index contributed by atoms with van der Waals surface area (Å²) in [5.41, 5.74) is 4.39. The molecular weight excluding hydrogens is 498 g/mol. The van der Waals surface area contributed by atoms with E-state index in [1.165, 1.54) is 10.6 Å². The van der Waals surface area contributed by atoms with Crippen molar-refractivity contribution in [2.75, 3.05) is 24.2 Å². The topological polar surface area (TPSA) is 86.8 Å². The number of hydrogen-bond acceptors (Lipinski definition) is 4. The molecule has 0 spiro atoms. The third kappa shape index (κ3) is 7.92. The molecule has 0 heterocycles. The molecule has 0 aliphatic carbocycles. The van der Waals surface area contributed by atoms with Crippen molar-refractivity contribution in [3.63, 3.8) is 0 Å². The fraction of sp³-hybridized carbons (Fsp3) is 0.333. The van der Waals surface area contributed by atoms with Crippen molar-refractivity contribution in [3.8, 4) is 0 Å². The zero-order valence-corrected chi connectivity index (χ0v) is 23.4. The van der Waals surface area contributed by atoms with Gasteiger partial charge in [0.2, 0.25) is 21.8 Å². The molecule has 3 aromatic rings. The molecule has 0 fully saturated rings. The predicted molar refractivity (Wildman–Crippen MR) is 152 cm³/mol. The van der Waals surface area contributed by atoms with E-state index in [1.54, 1.807) is 24.1 Å². The van der Waals surface area contributed by atoms with E-state index in [0.717, 1.165) is 22.3 Å². The van der Waals surface area contributed by atoms with Gasteiger partial charge in [-0.15, -0.1) is 0 Å². The second-order valence-corrected chi connectivity index (χ2v) is 11.5. The van der Waals surface area contributed by atoms with Crippen LogP contribution in [-0.4, -0.2) is 51.0 Å². The van der Waals surface area contributed by atoms with Crippen LogP contribution in [0.5, 0.6) is 0 Å². The summed E-state index contributed by atoms with van der Waals surface area (Å²) in [5.74, 6) is -0.443. The monoisotopic (exact) mass is 535 g/mol. The van der Waals surface area contributed by atoms with E-state index in [2.05, 4.69) is 5.32 Å². The summed E-state index contributed by atoms with van der Waals surface area (Å²) in [7, 11) is -1.97. The quantitative estimate of drug-likeness (QED) is 0.376. The van der Waals surface area contributed by atoms with Gasteiger partial charge in [-0.05, 0) is 43.0 Å². The summed E-state index contributed by atoms with van der Waals surface area (Å²) in [6, 6.07) is 24.1. The van der Waals surface area contributed by atoms with Crippen molar-refractivity contribution in [1.82, 2.24) is 10.2 Å². The third-order valence-corrected chi connectivity index (χ3v) is 7.67. The molecular formula is C30H37N3O4S. The molecule has 0 saturated carbocycles. The molecule has 3 aromatic carbocycles. The number of carbonyl (C=O) groups excluding carboxylic acids is 2. The van der Waals surface area contributed by atoms with Crippen molar-refractivity contribution in [2.45, 2.75) is 45.7 Å². The number of hydrogen-bond donors (Lipinski definition) is 1. The van der Waals surface area contributed by atoms with Crippen molar-refractivity contribution in [2.24, 2.45) is 0 Å². The molecule has 38 heavy (non-hydrogen) atoms.